The maximum absolute atomic E-state index is 11.1. The predicted molar refractivity (Wildman–Crippen MR) is 66.1 cm³/mol. The van der Waals surface area contributed by atoms with Gasteiger partial charge in [-0.2, -0.15) is 0 Å². The fourth-order valence-corrected chi connectivity index (χ4v) is 2.20. The zero-order valence-electron chi connectivity index (χ0n) is 10.0. The largest absolute Gasteiger partial charge is 0.478 e. The molecular formula is C13H18N2O2. The number of hydrogen-bond acceptors (Lipinski definition) is 3. The van der Waals surface area contributed by atoms with Crippen LogP contribution in [0, 0.1) is 0 Å². The molecule has 0 saturated carbocycles. The van der Waals surface area contributed by atoms with Crippen LogP contribution in [0.25, 0.3) is 0 Å². The fourth-order valence-electron chi connectivity index (χ4n) is 2.20. The van der Waals surface area contributed by atoms with E-state index in [9.17, 15) is 4.79 Å². The van der Waals surface area contributed by atoms with Gasteiger partial charge in [-0.3, -0.25) is 4.90 Å². The molecule has 1 aliphatic rings. The number of benzene rings is 1. The van der Waals surface area contributed by atoms with Gasteiger partial charge < -0.3 is 10.4 Å². The first-order valence-corrected chi connectivity index (χ1v) is 5.94. The summed E-state index contributed by atoms with van der Waals surface area (Å²) in [6.45, 7) is 5.78. The highest BCUT2D eigenvalue weighted by Gasteiger charge is 2.19. The van der Waals surface area contributed by atoms with Gasteiger partial charge in [0.1, 0.15) is 0 Å². The summed E-state index contributed by atoms with van der Waals surface area (Å²) in [7, 11) is 0. The normalized spacial score (nSPS) is 21.4. The van der Waals surface area contributed by atoms with Gasteiger partial charge in [0.2, 0.25) is 0 Å². The highest BCUT2D eigenvalue weighted by Crippen LogP contribution is 2.14. The minimum Gasteiger partial charge on any atom is -0.478 e. The lowest BCUT2D eigenvalue weighted by Crippen LogP contribution is -2.49. The van der Waals surface area contributed by atoms with Crippen molar-refractivity contribution in [3.8, 4) is 0 Å². The van der Waals surface area contributed by atoms with Gasteiger partial charge in [-0.25, -0.2) is 4.79 Å². The number of carboxylic acids is 1. The molecule has 1 unspecified atom stereocenters. The molecule has 2 rings (SSSR count). The summed E-state index contributed by atoms with van der Waals surface area (Å²) in [5, 5.41) is 12.5. The van der Waals surface area contributed by atoms with Gasteiger partial charge in [-0.05, 0) is 18.6 Å². The minimum atomic E-state index is -0.844. The van der Waals surface area contributed by atoms with Crippen molar-refractivity contribution in [3.05, 3.63) is 35.4 Å². The lowest BCUT2D eigenvalue weighted by molar-refractivity contribution is 0.0693. The summed E-state index contributed by atoms with van der Waals surface area (Å²) in [5.41, 5.74) is 1.31. The van der Waals surface area contributed by atoms with Crippen molar-refractivity contribution in [3.63, 3.8) is 0 Å². The topological polar surface area (TPSA) is 52.6 Å². The maximum atomic E-state index is 11.1. The quantitative estimate of drug-likeness (QED) is 0.824. The van der Waals surface area contributed by atoms with Gasteiger partial charge in [0.05, 0.1) is 5.56 Å². The van der Waals surface area contributed by atoms with Crippen molar-refractivity contribution in [2.45, 2.75) is 19.5 Å². The second kappa shape index (κ2) is 5.29. The van der Waals surface area contributed by atoms with Crippen LogP contribution >= 0.6 is 0 Å². The van der Waals surface area contributed by atoms with Crippen LogP contribution in [-0.2, 0) is 6.54 Å². The molecule has 92 valence electrons. The molecule has 1 aromatic rings. The molecule has 1 saturated heterocycles. The molecule has 4 heteroatoms. The van der Waals surface area contributed by atoms with E-state index in [0.717, 1.165) is 25.2 Å². The number of rotatable bonds is 3. The van der Waals surface area contributed by atoms with Crippen molar-refractivity contribution in [1.29, 1.82) is 0 Å². The van der Waals surface area contributed by atoms with Crippen LogP contribution in [0.3, 0.4) is 0 Å². The Morgan fingerprint density at radius 2 is 2.29 bits per heavy atom. The molecule has 0 spiro atoms. The number of piperazine rings is 1. The highest BCUT2D eigenvalue weighted by molar-refractivity contribution is 5.89. The Hall–Kier alpha value is -1.39. The minimum absolute atomic E-state index is 0.415. The number of aromatic carboxylic acids is 1. The van der Waals surface area contributed by atoms with Crippen LogP contribution in [0.15, 0.2) is 24.3 Å². The predicted octanol–water partition coefficient (Wildman–Crippen LogP) is 1.18. The Balaban J connectivity index is 2.14. The third-order valence-electron chi connectivity index (χ3n) is 3.26. The van der Waals surface area contributed by atoms with Crippen molar-refractivity contribution in [2.24, 2.45) is 0 Å². The van der Waals surface area contributed by atoms with Gasteiger partial charge in [0.25, 0.3) is 0 Å². The van der Waals surface area contributed by atoms with Gasteiger partial charge in [-0.1, -0.05) is 18.2 Å². The van der Waals surface area contributed by atoms with E-state index in [-0.39, 0.29) is 0 Å². The average Bonchev–Trinajstić information content (AvgIpc) is 2.32. The first-order valence-electron chi connectivity index (χ1n) is 5.94. The Kier molecular flexibility index (Phi) is 3.76. The van der Waals surface area contributed by atoms with Crippen LogP contribution < -0.4 is 5.32 Å². The van der Waals surface area contributed by atoms with E-state index in [0.29, 0.717) is 18.2 Å². The monoisotopic (exact) mass is 234 g/mol. The SMILES string of the molecule is CC1CNCCN1Cc1ccccc1C(=O)O. The molecule has 0 amide bonds. The number of carbonyl (C=O) groups is 1. The summed E-state index contributed by atoms with van der Waals surface area (Å²) >= 11 is 0. The van der Waals surface area contributed by atoms with Crippen LogP contribution in [0.5, 0.6) is 0 Å². The van der Waals surface area contributed by atoms with E-state index in [1.807, 2.05) is 12.1 Å². The summed E-state index contributed by atoms with van der Waals surface area (Å²) in [5.74, 6) is -0.844. The molecule has 1 heterocycles. The van der Waals surface area contributed by atoms with E-state index >= 15 is 0 Å². The molecule has 0 radical (unpaired) electrons. The number of carboxylic acid groups (broad SMARTS) is 1. The lowest BCUT2D eigenvalue weighted by atomic mass is 10.1. The second-order valence-corrected chi connectivity index (χ2v) is 4.49. The fraction of sp³-hybridized carbons (Fsp3) is 0.462. The van der Waals surface area contributed by atoms with E-state index in [2.05, 4.69) is 17.1 Å². The maximum Gasteiger partial charge on any atom is 0.336 e. The molecule has 1 aliphatic heterocycles. The Bertz CT molecular complexity index is 406. The summed E-state index contributed by atoms with van der Waals surface area (Å²) < 4.78 is 0. The van der Waals surface area contributed by atoms with E-state index in [1.165, 1.54) is 0 Å². The van der Waals surface area contributed by atoms with Crippen LogP contribution in [0.4, 0.5) is 0 Å². The third-order valence-corrected chi connectivity index (χ3v) is 3.26. The lowest BCUT2D eigenvalue weighted by Gasteiger charge is -2.34. The van der Waals surface area contributed by atoms with Crippen LogP contribution in [-0.4, -0.2) is 41.7 Å². The molecular weight excluding hydrogens is 216 g/mol. The highest BCUT2D eigenvalue weighted by atomic mass is 16.4. The summed E-state index contributed by atoms with van der Waals surface area (Å²) in [4.78, 5) is 13.4. The van der Waals surface area contributed by atoms with Gasteiger partial charge in [0, 0.05) is 32.2 Å². The molecule has 0 aromatic heterocycles. The van der Waals surface area contributed by atoms with E-state index in [1.54, 1.807) is 12.1 Å². The number of nitrogens with one attached hydrogen (secondary N) is 1. The van der Waals surface area contributed by atoms with Crippen molar-refractivity contribution in [1.82, 2.24) is 10.2 Å². The van der Waals surface area contributed by atoms with Gasteiger partial charge in [0.15, 0.2) is 0 Å². The van der Waals surface area contributed by atoms with Crippen molar-refractivity contribution >= 4 is 5.97 Å². The summed E-state index contributed by atoms with van der Waals surface area (Å²) in [6.07, 6.45) is 0. The average molecular weight is 234 g/mol. The van der Waals surface area contributed by atoms with Crippen LogP contribution in [0.1, 0.15) is 22.8 Å². The molecule has 4 nitrogen and oxygen atoms in total. The molecule has 0 aliphatic carbocycles. The first kappa shape index (κ1) is 12.1. The third kappa shape index (κ3) is 2.84. The summed E-state index contributed by atoms with van der Waals surface area (Å²) in [6, 6.07) is 7.69. The van der Waals surface area contributed by atoms with Crippen molar-refractivity contribution < 1.29 is 9.90 Å². The standard InChI is InChI=1S/C13H18N2O2/c1-10-8-14-6-7-15(10)9-11-4-2-3-5-12(11)13(16)17/h2-5,10,14H,6-9H2,1H3,(H,16,17). The Labute approximate surface area is 101 Å². The molecule has 1 fully saturated rings. The van der Waals surface area contributed by atoms with Crippen LogP contribution in [0.2, 0.25) is 0 Å². The zero-order valence-corrected chi connectivity index (χ0v) is 10.0. The zero-order chi connectivity index (χ0) is 12.3. The molecule has 17 heavy (non-hydrogen) atoms. The molecule has 1 aromatic carbocycles. The molecule has 2 N–H and O–H groups in total. The number of nitrogens with zero attached hydrogens (tertiary/aromatic N) is 1. The Morgan fingerprint density at radius 3 is 3.00 bits per heavy atom. The van der Waals surface area contributed by atoms with Gasteiger partial charge >= 0.3 is 5.97 Å². The molecule has 1 atom stereocenters. The van der Waals surface area contributed by atoms with E-state index in [4.69, 9.17) is 5.11 Å². The van der Waals surface area contributed by atoms with Crippen molar-refractivity contribution in [2.75, 3.05) is 19.6 Å². The Morgan fingerprint density at radius 1 is 1.53 bits per heavy atom. The number of hydrogen-bond donors (Lipinski definition) is 2. The first-order chi connectivity index (χ1) is 8.18. The second-order valence-electron chi connectivity index (χ2n) is 4.49. The van der Waals surface area contributed by atoms with E-state index < -0.39 is 5.97 Å². The smallest absolute Gasteiger partial charge is 0.336 e. The molecule has 0 bridgehead atoms. The van der Waals surface area contributed by atoms with Gasteiger partial charge in [-0.15, -0.1) is 0 Å².